The van der Waals surface area contributed by atoms with E-state index in [1.807, 2.05) is 24.3 Å². The monoisotopic (exact) mass is 362 g/mol. The first kappa shape index (κ1) is 9.24. The van der Waals surface area contributed by atoms with Crippen molar-refractivity contribution in [3.63, 3.8) is 0 Å². The van der Waals surface area contributed by atoms with Gasteiger partial charge in [0, 0.05) is 37.2 Å². The van der Waals surface area contributed by atoms with Crippen LogP contribution < -0.4 is 5.10 Å². The molecule has 2 heterocycles. The van der Waals surface area contributed by atoms with E-state index in [-0.39, 0.29) is 20.1 Å². The quantitative estimate of drug-likeness (QED) is 0.603. The summed E-state index contributed by atoms with van der Waals surface area (Å²) in [4.78, 5) is 4.24. The smallest absolute Gasteiger partial charge is 0.0749 e. The van der Waals surface area contributed by atoms with E-state index in [1.165, 1.54) is 0 Å². The van der Waals surface area contributed by atoms with Crippen molar-refractivity contribution in [3.05, 3.63) is 30.5 Å². The fourth-order valence-corrected chi connectivity index (χ4v) is 1.41. The summed E-state index contributed by atoms with van der Waals surface area (Å²) in [5, 5.41) is 12.5. The minimum atomic E-state index is 0. The van der Waals surface area contributed by atoms with E-state index < -0.39 is 0 Å². The Bertz CT molecular complexity index is 575. The number of benzene rings is 1. The van der Waals surface area contributed by atoms with E-state index >= 15 is 0 Å². The summed E-state index contributed by atoms with van der Waals surface area (Å²) in [7, 11) is 0. The molecule has 0 amide bonds. The van der Waals surface area contributed by atoms with Gasteiger partial charge >= 0.3 is 0 Å². The molecule has 3 rings (SSSR count). The third kappa shape index (κ3) is 1.22. The molecule has 4 nitrogen and oxygen atoms in total. The second-order valence-corrected chi connectivity index (χ2v) is 2.80. The first-order valence-corrected chi connectivity index (χ1v) is 3.95. The molecule has 3 aromatic rings. The topological polar surface area (TPSA) is 52.8 Å². The third-order valence-corrected chi connectivity index (χ3v) is 2.02. The Kier molecular flexibility index (Phi) is 2.27. The predicted octanol–water partition coefficient (Wildman–Crippen LogP) is 1.13. The minimum absolute atomic E-state index is 0. The van der Waals surface area contributed by atoms with Gasteiger partial charge in [0.2, 0.25) is 0 Å². The summed E-state index contributed by atoms with van der Waals surface area (Å²) in [6.07, 6.45) is 1.75. The summed E-state index contributed by atoms with van der Waals surface area (Å²) >= 11 is 0. The Labute approximate surface area is 93.1 Å². The van der Waals surface area contributed by atoms with E-state index in [2.05, 4.69) is 20.4 Å². The molecule has 0 aliphatic heterocycles. The Balaban J connectivity index is 0.000000750. The molecule has 1 radical (unpaired) electrons. The number of pyridine rings is 1. The van der Waals surface area contributed by atoms with E-state index in [0.29, 0.717) is 0 Å². The molecule has 0 bridgehead atoms. The van der Waals surface area contributed by atoms with Crippen LogP contribution in [-0.2, 0) is 20.1 Å². The van der Waals surface area contributed by atoms with Gasteiger partial charge in [-0.2, -0.15) is 0 Å². The first-order valence-electron chi connectivity index (χ1n) is 3.95. The van der Waals surface area contributed by atoms with Crippen LogP contribution in [0.3, 0.4) is 0 Å². The van der Waals surface area contributed by atoms with Crippen molar-refractivity contribution < 1.29 is 20.1 Å². The maximum Gasteiger partial charge on any atom is 0.0749 e. The average molecular weight is 361 g/mol. The molecule has 1 aromatic carbocycles. The van der Waals surface area contributed by atoms with Crippen molar-refractivity contribution in [3.8, 4) is 0 Å². The Hall–Kier alpha value is -1.32. The standard InChI is InChI=1S/C9H5N4.Ir/c1-2-6-3-4-7-9(12-13-11-7)8(6)10-5-1;/h1-5H;/q-1;. The van der Waals surface area contributed by atoms with Gasteiger partial charge in [-0.05, 0) is 11.6 Å². The van der Waals surface area contributed by atoms with Crippen LogP contribution in [0.15, 0.2) is 30.5 Å². The molecule has 0 saturated carbocycles. The second-order valence-electron chi connectivity index (χ2n) is 2.80. The molecular formula is C9H5IrN4-. The largest absolute Gasteiger partial charge is 0.350 e. The summed E-state index contributed by atoms with van der Waals surface area (Å²) in [6, 6.07) is 7.77. The molecule has 0 aliphatic carbocycles. The van der Waals surface area contributed by atoms with Crippen LogP contribution in [0.4, 0.5) is 0 Å². The normalized spacial score (nSPS) is 10.3. The fraction of sp³-hybridized carbons (Fsp3) is 0. The molecule has 0 saturated heterocycles. The van der Waals surface area contributed by atoms with Crippen molar-refractivity contribution in [2.45, 2.75) is 0 Å². The van der Waals surface area contributed by atoms with E-state index in [9.17, 15) is 0 Å². The SMILES string of the molecule is [Ir].c1cnc2c(c1)ccc1nn[n-]c12. The first-order chi connectivity index (χ1) is 6.45. The van der Waals surface area contributed by atoms with Crippen molar-refractivity contribution >= 4 is 21.9 Å². The van der Waals surface area contributed by atoms with Gasteiger partial charge in [0.25, 0.3) is 0 Å². The van der Waals surface area contributed by atoms with Gasteiger partial charge in [-0.15, -0.1) is 0 Å². The molecule has 0 atom stereocenters. The fourth-order valence-electron chi connectivity index (χ4n) is 1.41. The number of nitrogens with zero attached hydrogens (tertiary/aromatic N) is 4. The summed E-state index contributed by atoms with van der Waals surface area (Å²) in [6.45, 7) is 0. The number of fused-ring (bicyclic) bond motifs is 3. The molecule has 0 spiro atoms. The maximum atomic E-state index is 4.24. The number of rotatable bonds is 0. The molecule has 71 valence electrons. The molecular weight excluding hydrogens is 356 g/mol. The van der Waals surface area contributed by atoms with Crippen LogP contribution >= 0.6 is 0 Å². The van der Waals surface area contributed by atoms with Crippen LogP contribution in [0, 0.1) is 0 Å². The zero-order valence-corrected chi connectivity index (χ0v) is 9.40. The summed E-state index contributed by atoms with van der Waals surface area (Å²) < 4.78 is 0. The predicted molar refractivity (Wildman–Crippen MR) is 48.2 cm³/mol. The van der Waals surface area contributed by atoms with Crippen LogP contribution in [0.5, 0.6) is 0 Å². The average Bonchev–Trinajstić information content (AvgIpc) is 2.65. The van der Waals surface area contributed by atoms with Crippen LogP contribution in [-0.4, -0.2) is 15.3 Å². The second kappa shape index (κ2) is 3.44. The van der Waals surface area contributed by atoms with E-state index in [1.54, 1.807) is 6.20 Å². The number of aromatic nitrogens is 4. The molecule has 0 aliphatic rings. The van der Waals surface area contributed by atoms with Crippen LogP contribution in [0.2, 0.25) is 0 Å². The van der Waals surface area contributed by atoms with Crippen molar-refractivity contribution in [1.82, 2.24) is 20.4 Å². The van der Waals surface area contributed by atoms with E-state index in [0.717, 1.165) is 21.9 Å². The summed E-state index contributed by atoms with van der Waals surface area (Å²) in [5.41, 5.74) is 2.44. The molecule has 14 heavy (non-hydrogen) atoms. The van der Waals surface area contributed by atoms with Gasteiger partial charge in [0.05, 0.1) is 5.52 Å². The third-order valence-electron chi connectivity index (χ3n) is 2.02. The number of hydrogen-bond donors (Lipinski definition) is 0. The zero-order chi connectivity index (χ0) is 8.67. The summed E-state index contributed by atoms with van der Waals surface area (Å²) in [5.74, 6) is 0. The van der Waals surface area contributed by atoms with Gasteiger partial charge in [-0.3, -0.25) is 10.2 Å². The Morgan fingerprint density at radius 2 is 2.07 bits per heavy atom. The number of hydrogen-bond acceptors (Lipinski definition) is 3. The van der Waals surface area contributed by atoms with Crippen LogP contribution in [0.25, 0.3) is 21.9 Å². The molecule has 0 N–H and O–H groups in total. The molecule has 0 unspecified atom stereocenters. The van der Waals surface area contributed by atoms with Crippen LogP contribution in [0.1, 0.15) is 0 Å². The molecule has 0 fully saturated rings. The Morgan fingerprint density at radius 3 is 3.00 bits per heavy atom. The van der Waals surface area contributed by atoms with Crippen molar-refractivity contribution in [1.29, 1.82) is 0 Å². The van der Waals surface area contributed by atoms with Crippen molar-refractivity contribution in [2.75, 3.05) is 0 Å². The van der Waals surface area contributed by atoms with Gasteiger partial charge < -0.3 is 10.2 Å². The van der Waals surface area contributed by atoms with Gasteiger partial charge in [0.1, 0.15) is 0 Å². The van der Waals surface area contributed by atoms with Gasteiger partial charge in [-0.25, -0.2) is 0 Å². The van der Waals surface area contributed by atoms with Gasteiger partial charge in [-0.1, -0.05) is 18.2 Å². The molecule has 2 aromatic heterocycles. The van der Waals surface area contributed by atoms with Crippen molar-refractivity contribution in [2.24, 2.45) is 0 Å². The van der Waals surface area contributed by atoms with E-state index in [4.69, 9.17) is 0 Å². The Morgan fingerprint density at radius 1 is 1.14 bits per heavy atom. The molecule has 5 heteroatoms. The van der Waals surface area contributed by atoms with Gasteiger partial charge in [0.15, 0.2) is 0 Å². The zero-order valence-electron chi connectivity index (χ0n) is 7.01. The maximum absolute atomic E-state index is 4.24. The minimum Gasteiger partial charge on any atom is -0.350 e.